The standard InChI is InChI=1S/C23H22N4O2/c1-12-8-9-19(28)13(2)20(12)15-11-16(26-22(21(15)24)23(25)29)18-10-14-6-4-5-7-17(14)27(18)3/h4-11,28H,24H2,1-3H3,(H2,25,29). The summed E-state index contributed by atoms with van der Waals surface area (Å²) in [5.41, 5.74) is 17.6. The van der Waals surface area contributed by atoms with E-state index in [0.717, 1.165) is 27.7 Å². The van der Waals surface area contributed by atoms with Crippen LogP contribution in [0.25, 0.3) is 33.4 Å². The van der Waals surface area contributed by atoms with Crippen molar-refractivity contribution in [2.24, 2.45) is 12.8 Å². The SMILES string of the molecule is Cc1ccc(O)c(C)c1-c1cc(-c2cc3ccccc3n2C)nc(C(N)=O)c1N. The van der Waals surface area contributed by atoms with Crippen molar-refractivity contribution >= 4 is 22.5 Å². The van der Waals surface area contributed by atoms with Gasteiger partial charge in [0.2, 0.25) is 0 Å². The first kappa shape index (κ1) is 18.6. The number of aryl methyl sites for hydroxylation is 2. The molecule has 0 fully saturated rings. The van der Waals surface area contributed by atoms with E-state index >= 15 is 0 Å². The van der Waals surface area contributed by atoms with Gasteiger partial charge in [0, 0.05) is 23.5 Å². The summed E-state index contributed by atoms with van der Waals surface area (Å²) < 4.78 is 2.02. The van der Waals surface area contributed by atoms with Gasteiger partial charge in [-0.05, 0) is 54.8 Å². The number of carbonyl (C=O) groups is 1. The van der Waals surface area contributed by atoms with Gasteiger partial charge in [-0.2, -0.15) is 0 Å². The van der Waals surface area contributed by atoms with Crippen molar-refractivity contribution in [2.75, 3.05) is 5.73 Å². The summed E-state index contributed by atoms with van der Waals surface area (Å²) in [6, 6.07) is 15.3. The monoisotopic (exact) mass is 386 g/mol. The zero-order chi connectivity index (χ0) is 20.9. The van der Waals surface area contributed by atoms with E-state index in [9.17, 15) is 9.90 Å². The van der Waals surface area contributed by atoms with E-state index < -0.39 is 5.91 Å². The molecule has 0 saturated carbocycles. The summed E-state index contributed by atoms with van der Waals surface area (Å²) in [6.45, 7) is 3.75. The van der Waals surface area contributed by atoms with Gasteiger partial charge in [-0.25, -0.2) is 4.98 Å². The Hall–Kier alpha value is -3.80. The molecule has 0 aliphatic carbocycles. The van der Waals surface area contributed by atoms with Crippen LogP contribution in [0.5, 0.6) is 5.75 Å². The molecule has 4 aromatic rings. The van der Waals surface area contributed by atoms with E-state index in [1.807, 2.05) is 67.9 Å². The Labute approximate surface area is 168 Å². The Balaban J connectivity index is 2.06. The number of rotatable bonds is 3. The number of hydrogen-bond donors (Lipinski definition) is 3. The normalized spacial score (nSPS) is 11.1. The molecule has 0 unspecified atom stereocenters. The lowest BCUT2D eigenvalue weighted by atomic mass is 9.93. The van der Waals surface area contributed by atoms with E-state index in [0.29, 0.717) is 16.8 Å². The first-order valence-electron chi connectivity index (χ1n) is 9.24. The molecular weight excluding hydrogens is 364 g/mol. The second-order valence-electron chi connectivity index (χ2n) is 7.23. The number of nitrogen functional groups attached to an aromatic ring is 1. The molecule has 2 heterocycles. The predicted molar refractivity (Wildman–Crippen MR) is 116 cm³/mol. The van der Waals surface area contributed by atoms with Gasteiger partial charge in [0.15, 0.2) is 5.69 Å². The fraction of sp³-hybridized carbons (Fsp3) is 0.130. The summed E-state index contributed by atoms with van der Waals surface area (Å²) in [4.78, 5) is 16.6. The lowest BCUT2D eigenvalue weighted by Gasteiger charge is -2.17. The van der Waals surface area contributed by atoms with Gasteiger partial charge in [0.1, 0.15) is 5.75 Å². The van der Waals surface area contributed by atoms with Crippen LogP contribution < -0.4 is 11.5 Å². The largest absolute Gasteiger partial charge is 0.508 e. The van der Waals surface area contributed by atoms with Crippen LogP contribution in [0.2, 0.25) is 0 Å². The molecule has 2 aromatic heterocycles. The fourth-order valence-electron chi connectivity index (χ4n) is 3.87. The number of nitrogens with zero attached hydrogens (tertiary/aromatic N) is 2. The number of hydrogen-bond acceptors (Lipinski definition) is 4. The first-order chi connectivity index (χ1) is 13.8. The lowest BCUT2D eigenvalue weighted by molar-refractivity contribution is 0.0996. The van der Waals surface area contributed by atoms with E-state index in [-0.39, 0.29) is 17.1 Å². The average molecular weight is 386 g/mol. The molecule has 6 heteroatoms. The van der Waals surface area contributed by atoms with Crippen molar-refractivity contribution in [1.29, 1.82) is 0 Å². The van der Waals surface area contributed by atoms with Gasteiger partial charge in [0.05, 0.1) is 17.1 Å². The van der Waals surface area contributed by atoms with Crippen LogP contribution >= 0.6 is 0 Å². The number of aromatic hydroxyl groups is 1. The van der Waals surface area contributed by atoms with Crippen LogP contribution in [0, 0.1) is 13.8 Å². The van der Waals surface area contributed by atoms with Crippen LogP contribution in [-0.2, 0) is 7.05 Å². The van der Waals surface area contributed by atoms with Crippen LogP contribution in [0.3, 0.4) is 0 Å². The smallest absolute Gasteiger partial charge is 0.269 e. The van der Waals surface area contributed by atoms with Crippen LogP contribution in [0.1, 0.15) is 21.6 Å². The topological polar surface area (TPSA) is 107 Å². The number of fused-ring (bicyclic) bond motifs is 1. The predicted octanol–water partition coefficient (Wildman–Crippen LogP) is 3.91. The molecule has 0 aliphatic rings. The molecule has 0 bridgehead atoms. The number of aromatic nitrogens is 2. The van der Waals surface area contributed by atoms with Gasteiger partial charge >= 0.3 is 0 Å². The highest BCUT2D eigenvalue weighted by atomic mass is 16.3. The maximum absolute atomic E-state index is 12.1. The highest BCUT2D eigenvalue weighted by Gasteiger charge is 2.21. The van der Waals surface area contributed by atoms with Crippen molar-refractivity contribution < 1.29 is 9.90 Å². The molecule has 5 N–H and O–H groups in total. The van der Waals surface area contributed by atoms with E-state index in [1.165, 1.54) is 0 Å². The summed E-state index contributed by atoms with van der Waals surface area (Å²) in [5.74, 6) is -0.534. The quantitative estimate of drug-likeness (QED) is 0.496. The van der Waals surface area contributed by atoms with Gasteiger partial charge in [-0.3, -0.25) is 4.79 Å². The molecular formula is C23H22N4O2. The lowest BCUT2D eigenvalue weighted by Crippen LogP contribution is -2.17. The minimum Gasteiger partial charge on any atom is -0.508 e. The highest BCUT2D eigenvalue weighted by Crippen LogP contribution is 2.39. The van der Waals surface area contributed by atoms with E-state index in [1.54, 1.807) is 6.07 Å². The molecule has 4 rings (SSSR count). The number of pyridine rings is 1. The number of primary amides is 1. The zero-order valence-corrected chi connectivity index (χ0v) is 16.5. The number of anilines is 1. The molecule has 0 atom stereocenters. The van der Waals surface area contributed by atoms with Crippen molar-refractivity contribution in [1.82, 2.24) is 9.55 Å². The van der Waals surface area contributed by atoms with Crippen molar-refractivity contribution in [3.63, 3.8) is 0 Å². The molecule has 0 spiro atoms. The number of amides is 1. The highest BCUT2D eigenvalue weighted by molar-refractivity contribution is 6.01. The average Bonchev–Trinajstić information content (AvgIpc) is 3.03. The third-order valence-electron chi connectivity index (χ3n) is 5.42. The van der Waals surface area contributed by atoms with Crippen LogP contribution in [0.4, 0.5) is 5.69 Å². The molecule has 6 nitrogen and oxygen atoms in total. The maximum atomic E-state index is 12.1. The van der Waals surface area contributed by atoms with Crippen molar-refractivity contribution in [3.05, 3.63) is 65.4 Å². The van der Waals surface area contributed by atoms with Gasteiger partial charge < -0.3 is 21.1 Å². The Kier molecular flexibility index (Phi) is 4.27. The first-order valence-corrected chi connectivity index (χ1v) is 9.24. The molecule has 2 aromatic carbocycles. The number of nitrogens with two attached hydrogens (primary N) is 2. The molecule has 0 aliphatic heterocycles. The zero-order valence-electron chi connectivity index (χ0n) is 16.5. The summed E-state index contributed by atoms with van der Waals surface area (Å²) in [7, 11) is 1.95. The number of benzene rings is 2. The Morgan fingerprint density at radius 2 is 1.83 bits per heavy atom. The number of carbonyl (C=O) groups excluding carboxylic acids is 1. The van der Waals surface area contributed by atoms with Crippen LogP contribution in [0.15, 0.2) is 48.5 Å². The Morgan fingerprint density at radius 1 is 1.10 bits per heavy atom. The molecule has 1 amide bonds. The van der Waals surface area contributed by atoms with Crippen molar-refractivity contribution in [3.8, 4) is 28.3 Å². The molecule has 0 saturated heterocycles. The van der Waals surface area contributed by atoms with Crippen LogP contribution in [-0.4, -0.2) is 20.6 Å². The minimum absolute atomic E-state index is 0.0184. The van der Waals surface area contributed by atoms with Gasteiger partial charge in [-0.1, -0.05) is 24.3 Å². The second-order valence-corrected chi connectivity index (χ2v) is 7.23. The van der Waals surface area contributed by atoms with Gasteiger partial charge in [-0.15, -0.1) is 0 Å². The number of para-hydroxylation sites is 1. The summed E-state index contributed by atoms with van der Waals surface area (Å²) in [6.07, 6.45) is 0. The third-order valence-corrected chi connectivity index (χ3v) is 5.42. The van der Waals surface area contributed by atoms with Crippen molar-refractivity contribution in [2.45, 2.75) is 13.8 Å². The molecule has 0 radical (unpaired) electrons. The number of phenols is 1. The maximum Gasteiger partial charge on any atom is 0.269 e. The Morgan fingerprint density at radius 3 is 2.52 bits per heavy atom. The molecule has 29 heavy (non-hydrogen) atoms. The molecule has 146 valence electrons. The fourth-order valence-corrected chi connectivity index (χ4v) is 3.87. The Bertz CT molecular complexity index is 1290. The third kappa shape index (κ3) is 2.89. The van der Waals surface area contributed by atoms with E-state index in [4.69, 9.17) is 11.5 Å². The number of phenolic OH excluding ortho intramolecular Hbond substituents is 1. The minimum atomic E-state index is -0.695. The summed E-state index contributed by atoms with van der Waals surface area (Å²) >= 11 is 0. The van der Waals surface area contributed by atoms with E-state index in [2.05, 4.69) is 4.98 Å². The van der Waals surface area contributed by atoms with Gasteiger partial charge in [0.25, 0.3) is 5.91 Å². The summed E-state index contributed by atoms with van der Waals surface area (Å²) in [5, 5.41) is 11.3. The second kappa shape index (κ2) is 6.67.